The van der Waals surface area contributed by atoms with Gasteiger partial charge in [0.05, 0.1) is 6.10 Å². The van der Waals surface area contributed by atoms with Crippen LogP contribution in [0.3, 0.4) is 0 Å². The van der Waals surface area contributed by atoms with Gasteiger partial charge in [-0.25, -0.2) is 0 Å². The predicted molar refractivity (Wildman–Crippen MR) is 84.0 cm³/mol. The van der Waals surface area contributed by atoms with Crippen molar-refractivity contribution in [3.63, 3.8) is 0 Å². The third-order valence-corrected chi connectivity index (χ3v) is 3.75. The monoisotopic (exact) mass is 293 g/mol. The van der Waals surface area contributed by atoms with Gasteiger partial charge in [0.25, 0.3) is 0 Å². The summed E-state index contributed by atoms with van der Waals surface area (Å²) in [5.74, 6) is 1.51. The predicted octanol–water partition coefficient (Wildman–Crippen LogP) is 3.05. The largest absolute Gasteiger partial charge is 0.486 e. The number of fused-ring (bicyclic) bond motifs is 1. The first-order valence-electron chi connectivity index (χ1n) is 8.09. The van der Waals surface area contributed by atoms with E-state index in [9.17, 15) is 5.11 Å². The maximum atomic E-state index is 10.2. The second-order valence-electron chi connectivity index (χ2n) is 5.52. The molecule has 1 aromatic rings. The quantitative estimate of drug-likeness (QED) is 0.687. The fraction of sp³-hybridized carbons (Fsp3) is 0.647. The number of unbranched alkanes of at least 4 members (excludes halogenated alkanes) is 3. The summed E-state index contributed by atoms with van der Waals surface area (Å²) >= 11 is 0. The van der Waals surface area contributed by atoms with Crippen LogP contribution in [0.2, 0.25) is 0 Å². The summed E-state index contributed by atoms with van der Waals surface area (Å²) in [7, 11) is 0. The lowest BCUT2D eigenvalue weighted by atomic mass is 10.1. The highest BCUT2D eigenvalue weighted by atomic mass is 16.6. The number of hydrogen-bond acceptors (Lipinski definition) is 4. The first kappa shape index (κ1) is 16.1. The number of aliphatic hydroxyl groups is 1. The maximum absolute atomic E-state index is 10.2. The summed E-state index contributed by atoms with van der Waals surface area (Å²) in [5.41, 5.74) is 0.895. The molecule has 1 heterocycles. The second-order valence-corrected chi connectivity index (χ2v) is 5.52. The van der Waals surface area contributed by atoms with Crippen molar-refractivity contribution in [3.8, 4) is 11.5 Å². The van der Waals surface area contributed by atoms with Crippen molar-refractivity contribution in [2.75, 3.05) is 26.3 Å². The van der Waals surface area contributed by atoms with E-state index in [0.717, 1.165) is 30.2 Å². The van der Waals surface area contributed by atoms with Gasteiger partial charge in [-0.2, -0.15) is 0 Å². The fourth-order valence-electron chi connectivity index (χ4n) is 2.47. The molecule has 4 heteroatoms. The van der Waals surface area contributed by atoms with Crippen molar-refractivity contribution < 1.29 is 14.6 Å². The van der Waals surface area contributed by atoms with E-state index < -0.39 is 6.10 Å². The van der Waals surface area contributed by atoms with Gasteiger partial charge in [-0.1, -0.05) is 32.3 Å². The molecule has 0 aromatic heterocycles. The lowest BCUT2D eigenvalue weighted by molar-refractivity contribution is 0.159. The molecule has 1 unspecified atom stereocenters. The van der Waals surface area contributed by atoms with Crippen LogP contribution in [0.1, 0.15) is 50.7 Å². The maximum Gasteiger partial charge on any atom is 0.161 e. The van der Waals surface area contributed by atoms with Gasteiger partial charge >= 0.3 is 0 Å². The molecule has 1 aliphatic rings. The Morgan fingerprint density at radius 3 is 2.71 bits per heavy atom. The Hall–Kier alpha value is -1.26. The minimum atomic E-state index is -0.455. The molecule has 0 saturated heterocycles. The molecular weight excluding hydrogens is 266 g/mol. The number of benzene rings is 1. The Balaban J connectivity index is 1.69. The molecule has 4 nitrogen and oxygen atoms in total. The molecule has 0 fully saturated rings. The second kappa shape index (κ2) is 8.90. The van der Waals surface area contributed by atoms with E-state index in [1.54, 1.807) is 0 Å². The molecule has 2 rings (SSSR count). The third kappa shape index (κ3) is 5.21. The Bertz CT molecular complexity index is 422. The van der Waals surface area contributed by atoms with Crippen molar-refractivity contribution in [2.45, 2.75) is 45.1 Å². The van der Waals surface area contributed by atoms with E-state index >= 15 is 0 Å². The zero-order valence-electron chi connectivity index (χ0n) is 12.9. The molecule has 0 spiro atoms. The average Bonchev–Trinajstić information content (AvgIpc) is 2.53. The van der Waals surface area contributed by atoms with E-state index in [1.165, 1.54) is 25.7 Å². The Labute approximate surface area is 127 Å². The summed E-state index contributed by atoms with van der Waals surface area (Å²) in [5, 5.41) is 13.6. The van der Waals surface area contributed by atoms with Crippen LogP contribution in [-0.2, 0) is 0 Å². The van der Waals surface area contributed by atoms with Crippen LogP contribution in [0, 0.1) is 0 Å². The summed E-state index contributed by atoms with van der Waals surface area (Å²) in [6, 6.07) is 5.69. The van der Waals surface area contributed by atoms with Crippen LogP contribution in [0.15, 0.2) is 18.2 Å². The minimum absolute atomic E-state index is 0.455. The molecular formula is C17H27NO3. The highest BCUT2D eigenvalue weighted by Gasteiger charge is 2.15. The zero-order chi connectivity index (χ0) is 14.9. The first-order chi connectivity index (χ1) is 10.3. The standard InChI is InChI=1S/C17H27NO3/c1-2-3-4-5-9-18-10-8-15(19)14-6-7-16-17(13-14)21-12-11-20-16/h6-7,13,15,18-19H,2-5,8-12H2,1H3. The highest BCUT2D eigenvalue weighted by molar-refractivity contribution is 5.44. The van der Waals surface area contributed by atoms with Gasteiger partial charge in [0.2, 0.25) is 0 Å². The molecule has 21 heavy (non-hydrogen) atoms. The van der Waals surface area contributed by atoms with E-state index in [0.29, 0.717) is 19.6 Å². The van der Waals surface area contributed by atoms with Gasteiger partial charge in [-0.3, -0.25) is 0 Å². The van der Waals surface area contributed by atoms with Crippen LogP contribution < -0.4 is 14.8 Å². The molecule has 0 amide bonds. The summed E-state index contributed by atoms with van der Waals surface area (Å²) < 4.78 is 11.0. The molecule has 1 atom stereocenters. The molecule has 0 radical (unpaired) electrons. The lowest BCUT2D eigenvalue weighted by Crippen LogP contribution is -2.19. The molecule has 118 valence electrons. The molecule has 1 aromatic carbocycles. The van der Waals surface area contributed by atoms with E-state index in [2.05, 4.69) is 12.2 Å². The molecule has 1 aliphatic heterocycles. The average molecular weight is 293 g/mol. The number of ether oxygens (including phenoxy) is 2. The van der Waals surface area contributed by atoms with Gasteiger partial charge in [-0.15, -0.1) is 0 Å². The van der Waals surface area contributed by atoms with Crippen molar-refractivity contribution >= 4 is 0 Å². The van der Waals surface area contributed by atoms with Crippen LogP contribution in [0.4, 0.5) is 0 Å². The van der Waals surface area contributed by atoms with Crippen LogP contribution >= 0.6 is 0 Å². The minimum Gasteiger partial charge on any atom is -0.486 e. The van der Waals surface area contributed by atoms with Crippen molar-refractivity contribution in [1.29, 1.82) is 0 Å². The number of hydrogen-bond donors (Lipinski definition) is 2. The Kier molecular flexibility index (Phi) is 6.83. The normalized spacial score (nSPS) is 15.0. The van der Waals surface area contributed by atoms with Gasteiger partial charge in [0.1, 0.15) is 13.2 Å². The number of nitrogens with one attached hydrogen (secondary N) is 1. The molecule has 0 aliphatic carbocycles. The topological polar surface area (TPSA) is 50.7 Å². The summed E-state index contributed by atoms with van der Waals surface area (Å²) in [6.07, 6.45) is 5.34. The lowest BCUT2D eigenvalue weighted by Gasteiger charge is -2.20. The van der Waals surface area contributed by atoms with Crippen molar-refractivity contribution in [2.24, 2.45) is 0 Å². The summed E-state index contributed by atoms with van der Waals surface area (Å²) in [6.45, 7) is 5.26. The molecule has 0 bridgehead atoms. The zero-order valence-corrected chi connectivity index (χ0v) is 12.9. The van der Waals surface area contributed by atoms with Gasteiger partial charge in [-0.05, 0) is 43.6 Å². The van der Waals surface area contributed by atoms with E-state index in [4.69, 9.17) is 9.47 Å². The van der Waals surface area contributed by atoms with E-state index in [1.807, 2.05) is 18.2 Å². The SMILES string of the molecule is CCCCCCNCCC(O)c1ccc2c(c1)OCCO2. The van der Waals surface area contributed by atoms with E-state index in [-0.39, 0.29) is 0 Å². The van der Waals surface area contributed by atoms with Crippen molar-refractivity contribution in [1.82, 2.24) is 5.32 Å². The van der Waals surface area contributed by atoms with Crippen molar-refractivity contribution in [3.05, 3.63) is 23.8 Å². The highest BCUT2D eigenvalue weighted by Crippen LogP contribution is 2.33. The Morgan fingerprint density at radius 1 is 1.10 bits per heavy atom. The van der Waals surface area contributed by atoms with Gasteiger partial charge in [0.15, 0.2) is 11.5 Å². The Morgan fingerprint density at radius 2 is 1.90 bits per heavy atom. The number of rotatable bonds is 9. The van der Waals surface area contributed by atoms with Crippen LogP contribution in [0.25, 0.3) is 0 Å². The fourth-order valence-corrected chi connectivity index (χ4v) is 2.47. The molecule has 0 saturated carbocycles. The molecule has 2 N–H and O–H groups in total. The number of aliphatic hydroxyl groups excluding tert-OH is 1. The first-order valence-corrected chi connectivity index (χ1v) is 8.09. The van der Waals surface area contributed by atoms with Gasteiger partial charge in [0, 0.05) is 0 Å². The van der Waals surface area contributed by atoms with Crippen LogP contribution in [0.5, 0.6) is 11.5 Å². The smallest absolute Gasteiger partial charge is 0.161 e. The van der Waals surface area contributed by atoms with Gasteiger partial charge < -0.3 is 19.9 Å². The summed E-state index contributed by atoms with van der Waals surface area (Å²) in [4.78, 5) is 0. The third-order valence-electron chi connectivity index (χ3n) is 3.75. The van der Waals surface area contributed by atoms with Crippen LogP contribution in [-0.4, -0.2) is 31.4 Å².